The first kappa shape index (κ1) is 15.3. The van der Waals surface area contributed by atoms with Gasteiger partial charge in [0, 0.05) is 10.6 Å². The van der Waals surface area contributed by atoms with Gasteiger partial charge in [-0.3, -0.25) is 4.72 Å². The van der Waals surface area contributed by atoms with Crippen LogP contribution < -0.4 is 10.0 Å². The van der Waals surface area contributed by atoms with Gasteiger partial charge in [-0.2, -0.15) is 0 Å². The van der Waals surface area contributed by atoms with Crippen LogP contribution in [-0.4, -0.2) is 25.4 Å². The van der Waals surface area contributed by atoms with Crippen molar-refractivity contribution >= 4 is 55.9 Å². The quantitative estimate of drug-likeness (QED) is 0.737. The van der Waals surface area contributed by atoms with E-state index in [1.807, 2.05) is 0 Å². The number of nitrogens with zero attached hydrogens (tertiary/aromatic N) is 2. The molecule has 0 spiro atoms. The van der Waals surface area contributed by atoms with Crippen molar-refractivity contribution in [3.63, 3.8) is 0 Å². The lowest BCUT2D eigenvalue weighted by molar-refractivity contribution is 0.600. The number of halogens is 2. The van der Waals surface area contributed by atoms with E-state index in [4.69, 9.17) is 11.6 Å². The van der Waals surface area contributed by atoms with Crippen LogP contribution in [0.4, 0.5) is 11.6 Å². The van der Waals surface area contributed by atoms with Crippen molar-refractivity contribution in [1.29, 1.82) is 0 Å². The average molecular weight is 425 g/mol. The summed E-state index contributed by atoms with van der Waals surface area (Å²) >= 11 is 8.09. The monoisotopic (exact) mass is 424 g/mol. The van der Waals surface area contributed by atoms with Crippen LogP contribution in [0.3, 0.4) is 0 Å². The third kappa shape index (κ3) is 3.49. The summed E-state index contributed by atoms with van der Waals surface area (Å²) in [7, 11) is -2.12. The molecule has 2 rings (SSSR count). The molecule has 0 fully saturated rings. The largest absolute Gasteiger partial charge is 0.357 e. The fraction of sp³-hybridized carbons (Fsp3) is 0.0909. The lowest BCUT2D eigenvalue weighted by atomic mass is 10.3. The highest BCUT2D eigenvalue weighted by atomic mass is 127. The van der Waals surface area contributed by atoms with Crippen LogP contribution in [0.25, 0.3) is 0 Å². The van der Waals surface area contributed by atoms with Crippen molar-refractivity contribution in [2.75, 3.05) is 17.1 Å². The fourth-order valence-electron chi connectivity index (χ4n) is 1.36. The molecule has 9 heteroatoms. The number of nitrogens with one attached hydrogen (secondary N) is 2. The smallest absolute Gasteiger partial charge is 0.265 e. The van der Waals surface area contributed by atoms with Gasteiger partial charge in [-0.05, 0) is 40.8 Å². The van der Waals surface area contributed by atoms with E-state index >= 15 is 0 Å². The molecule has 1 aromatic heterocycles. The fourth-order valence-corrected chi connectivity index (χ4v) is 3.29. The maximum Gasteiger partial charge on any atom is 0.265 e. The zero-order chi connectivity index (χ0) is 14.8. The van der Waals surface area contributed by atoms with Gasteiger partial charge in [0.1, 0.15) is 4.90 Å². The van der Waals surface area contributed by atoms with E-state index in [0.29, 0.717) is 16.7 Å². The molecule has 106 valence electrons. The Balaban J connectivity index is 2.30. The van der Waals surface area contributed by atoms with Crippen molar-refractivity contribution in [3.05, 3.63) is 39.2 Å². The highest BCUT2D eigenvalue weighted by Crippen LogP contribution is 2.26. The molecule has 0 saturated heterocycles. The van der Waals surface area contributed by atoms with Gasteiger partial charge in [0.2, 0.25) is 5.95 Å². The lowest BCUT2D eigenvalue weighted by Gasteiger charge is -2.09. The third-order valence-corrected chi connectivity index (χ3v) is 4.64. The zero-order valence-corrected chi connectivity index (χ0v) is 14.0. The second kappa shape index (κ2) is 6.10. The average Bonchev–Trinajstić information content (AvgIpc) is 2.42. The summed E-state index contributed by atoms with van der Waals surface area (Å²) in [6.45, 7) is 0. The van der Waals surface area contributed by atoms with Crippen molar-refractivity contribution in [2.45, 2.75) is 4.90 Å². The van der Waals surface area contributed by atoms with Crippen LogP contribution in [-0.2, 0) is 10.0 Å². The van der Waals surface area contributed by atoms with Gasteiger partial charge in [0.05, 0.1) is 23.1 Å². The van der Waals surface area contributed by atoms with Crippen LogP contribution >= 0.6 is 34.2 Å². The van der Waals surface area contributed by atoms with Crippen LogP contribution in [0.15, 0.2) is 35.5 Å². The number of anilines is 2. The van der Waals surface area contributed by atoms with E-state index in [1.165, 1.54) is 12.4 Å². The summed E-state index contributed by atoms with van der Waals surface area (Å²) in [6.07, 6.45) is 2.45. The Labute approximate surface area is 135 Å². The molecular weight excluding hydrogens is 415 g/mol. The molecule has 0 bridgehead atoms. The second-order valence-electron chi connectivity index (χ2n) is 3.72. The molecule has 0 aliphatic rings. The molecule has 20 heavy (non-hydrogen) atoms. The normalized spacial score (nSPS) is 11.2. The van der Waals surface area contributed by atoms with Gasteiger partial charge in [0.15, 0.2) is 0 Å². The summed E-state index contributed by atoms with van der Waals surface area (Å²) in [4.78, 5) is 7.70. The maximum absolute atomic E-state index is 12.2. The molecule has 0 aliphatic heterocycles. The zero-order valence-electron chi connectivity index (χ0n) is 10.3. The summed E-state index contributed by atoms with van der Waals surface area (Å²) < 4.78 is 27.7. The standard InChI is InChI=1S/C11H10ClIN4O2S/c1-14-11-15-5-8(6-16-11)20(18,19)17-10-3-2-7(13)4-9(10)12/h2-6,17H,1H3,(H,14,15,16). The Bertz CT molecular complexity index is 722. The molecule has 2 N–H and O–H groups in total. The minimum absolute atomic E-state index is 0.0360. The number of hydrogen-bond donors (Lipinski definition) is 2. The molecule has 6 nitrogen and oxygen atoms in total. The van der Waals surface area contributed by atoms with Gasteiger partial charge in [-0.15, -0.1) is 0 Å². The van der Waals surface area contributed by atoms with E-state index in [9.17, 15) is 8.42 Å². The van der Waals surface area contributed by atoms with Crippen molar-refractivity contribution in [1.82, 2.24) is 9.97 Å². The minimum Gasteiger partial charge on any atom is -0.357 e. The lowest BCUT2D eigenvalue weighted by Crippen LogP contribution is -2.14. The first-order valence-corrected chi connectivity index (χ1v) is 8.34. The van der Waals surface area contributed by atoms with E-state index in [1.54, 1.807) is 25.2 Å². The number of aromatic nitrogens is 2. The van der Waals surface area contributed by atoms with E-state index in [-0.39, 0.29) is 4.90 Å². The highest BCUT2D eigenvalue weighted by molar-refractivity contribution is 14.1. The van der Waals surface area contributed by atoms with Crippen LogP contribution in [0, 0.1) is 3.57 Å². The Morgan fingerprint density at radius 3 is 2.45 bits per heavy atom. The highest BCUT2D eigenvalue weighted by Gasteiger charge is 2.17. The van der Waals surface area contributed by atoms with Gasteiger partial charge in [-0.25, -0.2) is 18.4 Å². The first-order valence-electron chi connectivity index (χ1n) is 5.40. The van der Waals surface area contributed by atoms with Crippen LogP contribution in [0.1, 0.15) is 0 Å². The predicted octanol–water partition coefficient (Wildman–Crippen LogP) is 2.58. The Hall–Kier alpha value is -1.13. The third-order valence-electron chi connectivity index (χ3n) is 2.34. The molecule has 0 atom stereocenters. The minimum atomic E-state index is -3.76. The van der Waals surface area contributed by atoms with Crippen LogP contribution in [0.5, 0.6) is 0 Å². The van der Waals surface area contributed by atoms with Crippen molar-refractivity contribution in [2.24, 2.45) is 0 Å². The number of benzene rings is 1. The Morgan fingerprint density at radius 2 is 1.90 bits per heavy atom. The van der Waals surface area contributed by atoms with Gasteiger partial charge in [-0.1, -0.05) is 11.6 Å². The molecule has 0 unspecified atom stereocenters. The molecule has 0 saturated carbocycles. The maximum atomic E-state index is 12.2. The molecular formula is C11H10ClIN4O2S. The summed E-state index contributed by atoms with van der Waals surface area (Å²) in [6, 6.07) is 5.02. The molecule has 0 amide bonds. The van der Waals surface area contributed by atoms with Crippen molar-refractivity contribution in [3.8, 4) is 0 Å². The van der Waals surface area contributed by atoms with Crippen molar-refractivity contribution < 1.29 is 8.42 Å². The van der Waals surface area contributed by atoms with E-state index < -0.39 is 10.0 Å². The summed E-state index contributed by atoms with van der Waals surface area (Å²) in [5.41, 5.74) is 0.310. The molecule has 1 heterocycles. The molecule has 1 aromatic carbocycles. The second-order valence-corrected chi connectivity index (χ2v) is 7.06. The predicted molar refractivity (Wildman–Crippen MR) is 86.6 cm³/mol. The van der Waals surface area contributed by atoms with Gasteiger partial charge >= 0.3 is 0 Å². The summed E-state index contributed by atoms with van der Waals surface area (Å²) in [5.74, 6) is 0.344. The Morgan fingerprint density at radius 1 is 1.25 bits per heavy atom. The van der Waals surface area contributed by atoms with Gasteiger partial charge < -0.3 is 5.32 Å². The van der Waals surface area contributed by atoms with E-state index in [0.717, 1.165) is 3.57 Å². The SMILES string of the molecule is CNc1ncc(S(=O)(=O)Nc2ccc(I)cc2Cl)cn1. The van der Waals surface area contributed by atoms with Crippen LogP contribution in [0.2, 0.25) is 5.02 Å². The number of hydrogen-bond acceptors (Lipinski definition) is 5. The number of rotatable bonds is 4. The molecule has 0 radical (unpaired) electrons. The molecule has 2 aromatic rings. The summed E-state index contributed by atoms with van der Waals surface area (Å²) in [5, 5.41) is 3.04. The van der Waals surface area contributed by atoms with Gasteiger partial charge in [0.25, 0.3) is 10.0 Å². The molecule has 0 aliphatic carbocycles. The van der Waals surface area contributed by atoms with E-state index in [2.05, 4.69) is 42.6 Å². The Kier molecular flexibility index (Phi) is 4.66. The topological polar surface area (TPSA) is 84.0 Å². The first-order chi connectivity index (χ1) is 9.42. The number of sulfonamides is 1.